The smallest absolute Gasteiger partial charge is 0.348 e. The van der Waals surface area contributed by atoms with Gasteiger partial charge in [0.1, 0.15) is 10.6 Å². The lowest BCUT2D eigenvalue weighted by molar-refractivity contribution is -0.121. The Kier molecular flexibility index (Phi) is 8.21. The molecule has 8 nitrogen and oxygen atoms in total. The van der Waals surface area contributed by atoms with Crippen molar-refractivity contribution in [3.63, 3.8) is 0 Å². The lowest BCUT2D eigenvalue weighted by Gasteiger charge is -2.44. The molecule has 0 radical (unpaired) electrons. The Balaban J connectivity index is 1.76. The highest BCUT2D eigenvalue weighted by molar-refractivity contribution is 7.89. The molecule has 1 atom stereocenters. The zero-order valence-electron chi connectivity index (χ0n) is 22.2. The fourth-order valence-electron chi connectivity index (χ4n) is 5.08. The Morgan fingerprint density at radius 3 is 2.50 bits per heavy atom. The molecule has 1 N–H and O–H groups in total. The first kappa shape index (κ1) is 28.1. The summed E-state index contributed by atoms with van der Waals surface area (Å²) >= 11 is 1.05. The maximum absolute atomic E-state index is 13.7. The van der Waals surface area contributed by atoms with Crippen molar-refractivity contribution >= 4 is 38.9 Å². The summed E-state index contributed by atoms with van der Waals surface area (Å²) in [6.07, 6.45) is 4.77. The maximum Gasteiger partial charge on any atom is 0.348 e. The second-order valence-corrected chi connectivity index (χ2v) is 13.8. The largest absolute Gasteiger partial charge is 0.497 e. The first-order chi connectivity index (χ1) is 17.9. The Morgan fingerprint density at radius 1 is 1.16 bits per heavy atom. The minimum atomic E-state index is -3.98. The Bertz CT molecular complexity index is 1370. The second kappa shape index (κ2) is 11.1. The third kappa shape index (κ3) is 6.06. The van der Waals surface area contributed by atoms with Gasteiger partial charge < -0.3 is 14.7 Å². The Hall–Kier alpha value is -2.87. The number of carboxylic acid groups (broad SMARTS) is 1. The van der Waals surface area contributed by atoms with Crippen molar-refractivity contribution in [3.8, 4) is 17.6 Å². The van der Waals surface area contributed by atoms with Crippen LogP contribution in [0.25, 0.3) is 0 Å². The molecular weight excluding hydrogens is 524 g/mol. The number of rotatable bonds is 6. The van der Waals surface area contributed by atoms with Crippen molar-refractivity contribution in [1.82, 2.24) is 4.31 Å². The van der Waals surface area contributed by atoms with Crippen LogP contribution in [-0.4, -0.2) is 55.9 Å². The standard InChI is InChI=1S/C28H34N2O6S2/c1-28(2,3)14-13-21-16-23(26(37-21)27(32)33)30-24(19-9-6-5-7-10-19)17-29(18-25(30)31)38(34,35)22-12-8-11-20(15-22)36-4/h8,11-12,15-16,19,24H,5-7,9-10,17-18H2,1-4H3,(H,32,33)/t24-/m0/s1. The summed E-state index contributed by atoms with van der Waals surface area (Å²) in [7, 11) is -2.51. The van der Waals surface area contributed by atoms with E-state index >= 15 is 0 Å². The summed E-state index contributed by atoms with van der Waals surface area (Å²) in [5, 5.41) is 10.0. The minimum Gasteiger partial charge on any atom is -0.497 e. The van der Waals surface area contributed by atoms with Crippen LogP contribution >= 0.6 is 11.3 Å². The molecule has 1 aliphatic heterocycles. The molecule has 2 fully saturated rings. The normalized spacial score (nSPS) is 19.6. The van der Waals surface area contributed by atoms with E-state index in [1.165, 1.54) is 23.5 Å². The number of anilines is 1. The van der Waals surface area contributed by atoms with E-state index in [2.05, 4.69) is 11.8 Å². The molecule has 0 spiro atoms. The molecule has 0 bridgehead atoms. The molecule has 1 aromatic heterocycles. The highest BCUT2D eigenvalue weighted by Gasteiger charge is 2.44. The first-order valence-electron chi connectivity index (χ1n) is 12.8. The molecule has 1 aliphatic carbocycles. The molecule has 4 rings (SSSR count). The number of aromatic carboxylic acids is 1. The highest BCUT2D eigenvalue weighted by Crippen LogP contribution is 2.39. The average Bonchev–Trinajstić information content (AvgIpc) is 3.31. The van der Waals surface area contributed by atoms with E-state index in [9.17, 15) is 23.1 Å². The van der Waals surface area contributed by atoms with E-state index in [4.69, 9.17) is 4.74 Å². The third-order valence-electron chi connectivity index (χ3n) is 6.90. The SMILES string of the molecule is COc1cccc(S(=O)(=O)N2CC(=O)N(c3cc(C#CC(C)(C)C)sc3C(=O)O)[C@H](C3CCCCC3)C2)c1. The van der Waals surface area contributed by atoms with Crippen LogP contribution < -0.4 is 9.64 Å². The van der Waals surface area contributed by atoms with E-state index in [1.54, 1.807) is 23.1 Å². The fourth-order valence-corrected chi connectivity index (χ4v) is 7.36. The summed E-state index contributed by atoms with van der Waals surface area (Å²) in [4.78, 5) is 28.2. The number of thiophene rings is 1. The maximum atomic E-state index is 13.7. The van der Waals surface area contributed by atoms with Gasteiger partial charge in [0.15, 0.2) is 0 Å². The van der Waals surface area contributed by atoms with Gasteiger partial charge >= 0.3 is 5.97 Å². The zero-order valence-corrected chi connectivity index (χ0v) is 23.8. The molecule has 1 saturated heterocycles. The number of hydrogen-bond donors (Lipinski definition) is 1. The molecule has 2 heterocycles. The van der Waals surface area contributed by atoms with Gasteiger partial charge in [-0.1, -0.05) is 37.2 Å². The van der Waals surface area contributed by atoms with Gasteiger partial charge in [-0.3, -0.25) is 4.79 Å². The number of ether oxygens (including phenoxy) is 1. The molecule has 1 aromatic carbocycles. The molecule has 2 aromatic rings. The molecule has 2 aliphatic rings. The minimum absolute atomic E-state index is 0.0430. The van der Waals surface area contributed by atoms with Crippen LogP contribution in [0.5, 0.6) is 5.75 Å². The summed E-state index contributed by atoms with van der Waals surface area (Å²) in [5.41, 5.74) is 0.0355. The van der Waals surface area contributed by atoms with Crippen LogP contribution in [-0.2, 0) is 14.8 Å². The number of carboxylic acids is 1. The van der Waals surface area contributed by atoms with E-state index in [1.807, 2.05) is 20.8 Å². The lowest BCUT2D eigenvalue weighted by atomic mass is 9.82. The number of benzene rings is 1. The third-order valence-corrected chi connectivity index (χ3v) is 9.74. The average molecular weight is 559 g/mol. The van der Waals surface area contributed by atoms with Gasteiger partial charge in [0, 0.05) is 18.0 Å². The lowest BCUT2D eigenvalue weighted by Crippen LogP contribution is -2.60. The number of sulfonamides is 1. The summed E-state index contributed by atoms with van der Waals surface area (Å²) < 4.78 is 33.7. The quantitative estimate of drug-likeness (QED) is 0.509. The predicted molar refractivity (Wildman–Crippen MR) is 147 cm³/mol. The van der Waals surface area contributed by atoms with Crippen molar-refractivity contribution in [2.75, 3.05) is 25.1 Å². The van der Waals surface area contributed by atoms with E-state index < -0.39 is 27.9 Å². The van der Waals surface area contributed by atoms with Gasteiger partial charge in [-0.25, -0.2) is 13.2 Å². The molecule has 10 heteroatoms. The Labute approximate surface area is 228 Å². The number of carbonyl (C=O) groups excluding carboxylic acids is 1. The van der Waals surface area contributed by atoms with Crippen LogP contribution in [0.1, 0.15) is 67.4 Å². The van der Waals surface area contributed by atoms with Gasteiger partial charge in [0.25, 0.3) is 0 Å². The van der Waals surface area contributed by atoms with E-state index in [0.717, 1.165) is 43.4 Å². The zero-order chi connectivity index (χ0) is 27.7. The molecule has 1 saturated carbocycles. The van der Waals surface area contributed by atoms with Gasteiger partial charge in [-0.05, 0) is 57.7 Å². The van der Waals surface area contributed by atoms with E-state index in [0.29, 0.717) is 16.3 Å². The number of methoxy groups -OCH3 is 1. The van der Waals surface area contributed by atoms with Crippen molar-refractivity contribution in [2.45, 2.75) is 63.8 Å². The molecular formula is C28H34N2O6S2. The van der Waals surface area contributed by atoms with Crippen LogP contribution in [0, 0.1) is 23.2 Å². The predicted octanol–water partition coefficient (Wildman–Crippen LogP) is 4.84. The first-order valence-corrected chi connectivity index (χ1v) is 15.0. The van der Waals surface area contributed by atoms with Crippen LogP contribution in [0.3, 0.4) is 0 Å². The number of hydrogen-bond acceptors (Lipinski definition) is 6. The van der Waals surface area contributed by atoms with Gasteiger partial charge in [0.2, 0.25) is 15.9 Å². The topological polar surface area (TPSA) is 104 Å². The molecule has 38 heavy (non-hydrogen) atoms. The highest BCUT2D eigenvalue weighted by atomic mass is 32.2. The number of carbonyl (C=O) groups is 2. The van der Waals surface area contributed by atoms with Crippen molar-refractivity contribution in [2.24, 2.45) is 11.3 Å². The number of piperazine rings is 1. The van der Waals surface area contributed by atoms with Gasteiger partial charge in [-0.2, -0.15) is 4.31 Å². The fraction of sp³-hybridized carbons (Fsp3) is 0.500. The van der Waals surface area contributed by atoms with Crippen molar-refractivity contribution < 1.29 is 27.9 Å². The molecule has 1 amide bonds. The van der Waals surface area contributed by atoms with Gasteiger partial charge in [-0.15, -0.1) is 11.3 Å². The van der Waals surface area contributed by atoms with Crippen LogP contribution in [0.4, 0.5) is 5.69 Å². The number of amides is 1. The summed E-state index contributed by atoms with van der Waals surface area (Å²) in [6.45, 7) is 5.63. The van der Waals surface area contributed by atoms with Crippen LogP contribution in [0.2, 0.25) is 0 Å². The van der Waals surface area contributed by atoms with Crippen molar-refractivity contribution in [1.29, 1.82) is 0 Å². The summed E-state index contributed by atoms with van der Waals surface area (Å²) in [5.74, 6) is 5.09. The van der Waals surface area contributed by atoms with E-state index in [-0.39, 0.29) is 34.2 Å². The number of nitrogens with zero attached hydrogens (tertiary/aromatic N) is 2. The Morgan fingerprint density at radius 2 is 1.87 bits per heavy atom. The monoisotopic (exact) mass is 558 g/mol. The van der Waals surface area contributed by atoms with Crippen LogP contribution in [0.15, 0.2) is 35.2 Å². The van der Waals surface area contributed by atoms with Gasteiger partial charge in [0.05, 0.1) is 35.2 Å². The second-order valence-electron chi connectivity index (χ2n) is 10.8. The van der Waals surface area contributed by atoms with Crippen molar-refractivity contribution in [3.05, 3.63) is 40.1 Å². The summed E-state index contributed by atoms with van der Waals surface area (Å²) in [6, 6.07) is 7.40. The molecule has 204 valence electrons. The molecule has 0 unspecified atom stereocenters.